The Labute approximate surface area is 204 Å². The van der Waals surface area contributed by atoms with Crippen molar-refractivity contribution in [2.75, 3.05) is 26.9 Å². The van der Waals surface area contributed by atoms with Gasteiger partial charge in [-0.3, -0.25) is 14.9 Å². The van der Waals surface area contributed by atoms with Crippen molar-refractivity contribution >= 4 is 23.4 Å². The highest BCUT2D eigenvalue weighted by Crippen LogP contribution is 2.30. The van der Waals surface area contributed by atoms with E-state index in [-0.39, 0.29) is 22.9 Å². The highest BCUT2D eigenvalue weighted by atomic mass is 32.2. The molecule has 2 unspecified atom stereocenters. The lowest BCUT2D eigenvalue weighted by Crippen LogP contribution is -2.40. The molecule has 0 aromatic heterocycles. The van der Waals surface area contributed by atoms with Gasteiger partial charge in [0.1, 0.15) is 6.61 Å². The van der Waals surface area contributed by atoms with E-state index in [1.807, 2.05) is 30.0 Å². The zero-order valence-electron chi connectivity index (χ0n) is 19.5. The molecule has 0 N–H and O–H groups in total. The summed E-state index contributed by atoms with van der Waals surface area (Å²) < 4.78 is 16.9. The number of carbonyl (C=O) groups excluding carboxylic acids is 1. The molecule has 1 fully saturated rings. The maximum Gasteiger partial charge on any atom is 0.269 e. The van der Waals surface area contributed by atoms with Gasteiger partial charge in [-0.15, -0.1) is 11.8 Å². The van der Waals surface area contributed by atoms with Crippen molar-refractivity contribution in [3.8, 4) is 11.5 Å². The number of thioether (sulfide) groups is 1. The SMILES string of the molecule is C=CCOc1ccc(CN(CC2CCCO2)C(=O)C(C)Sc2ccc([N+](=O)[O-])cc2)cc1OC. The van der Waals surface area contributed by atoms with Crippen molar-refractivity contribution in [1.29, 1.82) is 0 Å². The van der Waals surface area contributed by atoms with Gasteiger partial charge in [0.25, 0.3) is 5.69 Å². The molecule has 1 aliphatic rings. The van der Waals surface area contributed by atoms with E-state index in [0.717, 1.165) is 23.3 Å². The molecule has 1 aliphatic heterocycles. The molecule has 0 saturated carbocycles. The molecule has 9 heteroatoms. The first kappa shape index (κ1) is 25.6. The minimum atomic E-state index is -0.436. The van der Waals surface area contributed by atoms with Crippen LogP contribution in [0.4, 0.5) is 5.69 Å². The zero-order valence-corrected chi connectivity index (χ0v) is 20.3. The molecule has 0 radical (unpaired) electrons. The molecular formula is C25H30N2O6S. The van der Waals surface area contributed by atoms with Gasteiger partial charge in [0.15, 0.2) is 11.5 Å². The number of hydrogen-bond acceptors (Lipinski definition) is 7. The van der Waals surface area contributed by atoms with E-state index in [1.54, 1.807) is 25.3 Å². The number of non-ortho nitro benzene ring substituents is 1. The number of ether oxygens (including phenoxy) is 3. The fourth-order valence-electron chi connectivity index (χ4n) is 3.72. The summed E-state index contributed by atoms with van der Waals surface area (Å²) in [6, 6.07) is 11.9. The summed E-state index contributed by atoms with van der Waals surface area (Å²) in [7, 11) is 1.58. The van der Waals surface area contributed by atoms with Crippen molar-refractivity contribution in [2.45, 2.75) is 42.6 Å². The number of nitrogens with zero attached hydrogens (tertiary/aromatic N) is 2. The second-order valence-electron chi connectivity index (χ2n) is 7.95. The summed E-state index contributed by atoms with van der Waals surface area (Å²) in [5, 5.41) is 10.5. The zero-order chi connectivity index (χ0) is 24.5. The first-order chi connectivity index (χ1) is 16.4. The lowest BCUT2D eigenvalue weighted by molar-refractivity contribution is -0.384. The monoisotopic (exact) mass is 486 g/mol. The summed E-state index contributed by atoms with van der Waals surface area (Å²) in [6.07, 6.45) is 3.59. The molecule has 0 aliphatic carbocycles. The fraction of sp³-hybridized carbons (Fsp3) is 0.400. The molecule has 8 nitrogen and oxygen atoms in total. The van der Waals surface area contributed by atoms with Crippen LogP contribution in [0.5, 0.6) is 11.5 Å². The largest absolute Gasteiger partial charge is 0.493 e. The predicted molar refractivity (Wildman–Crippen MR) is 131 cm³/mol. The van der Waals surface area contributed by atoms with Crippen molar-refractivity contribution in [2.24, 2.45) is 0 Å². The van der Waals surface area contributed by atoms with Gasteiger partial charge in [-0.25, -0.2) is 0 Å². The number of carbonyl (C=O) groups is 1. The van der Waals surface area contributed by atoms with Gasteiger partial charge in [0.2, 0.25) is 5.91 Å². The molecule has 2 aromatic carbocycles. The van der Waals surface area contributed by atoms with Crippen LogP contribution in [0.3, 0.4) is 0 Å². The normalized spacial score (nSPS) is 16.0. The quantitative estimate of drug-likeness (QED) is 0.183. The van der Waals surface area contributed by atoms with E-state index < -0.39 is 4.92 Å². The lowest BCUT2D eigenvalue weighted by Gasteiger charge is -2.28. The third-order valence-electron chi connectivity index (χ3n) is 5.43. The molecular weight excluding hydrogens is 456 g/mol. The molecule has 0 spiro atoms. The lowest BCUT2D eigenvalue weighted by atomic mass is 10.1. The van der Waals surface area contributed by atoms with Crippen molar-refractivity contribution < 1.29 is 23.9 Å². The molecule has 182 valence electrons. The number of methoxy groups -OCH3 is 1. The van der Waals surface area contributed by atoms with Crippen LogP contribution in [0.15, 0.2) is 60.0 Å². The Balaban J connectivity index is 1.74. The number of hydrogen-bond donors (Lipinski definition) is 0. The number of benzene rings is 2. The number of nitro groups is 1. The summed E-state index contributed by atoms with van der Waals surface area (Å²) in [5.74, 6) is 1.19. The molecule has 1 amide bonds. The summed E-state index contributed by atoms with van der Waals surface area (Å²) in [6.45, 7) is 7.50. The molecule has 0 bridgehead atoms. The highest BCUT2D eigenvalue weighted by molar-refractivity contribution is 8.00. The average Bonchev–Trinajstić information content (AvgIpc) is 3.35. The molecule has 2 atom stereocenters. The maximum atomic E-state index is 13.5. The van der Waals surface area contributed by atoms with Gasteiger partial charge in [-0.05, 0) is 49.6 Å². The molecule has 1 heterocycles. The van der Waals surface area contributed by atoms with Gasteiger partial charge in [0.05, 0.1) is 23.4 Å². The second kappa shape index (κ2) is 12.4. The van der Waals surface area contributed by atoms with Crippen LogP contribution in [0.2, 0.25) is 0 Å². The topological polar surface area (TPSA) is 91.1 Å². The third kappa shape index (κ3) is 6.98. The Morgan fingerprint density at radius 3 is 2.71 bits per heavy atom. The smallest absolute Gasteiger partial charge is 0.269 e. The van der Waals surface area contributed by atoms with E-state index in [4.69, 9.17) is 14.2 Å². The van der Waals surface area contributed by atoms with Crippen LogP contribution in [0, 0.1) is 10.1 Å². The average molecular weight is 487 g/mol. The summed E-state index contributed by atoms with van der Waals surface area (Å²) in [5.41, 5.74) is 0.944. The summed E-state index contributed by atoms with van der Waals surface area (Å²) in [4.78, 5) is 26.5. The first-order valence-corrected chi connectivity index (χ1v) is 12.0. The Morgan fingerprint density at radius 1 is 1.32 bits per heavy atom. The highest BCUT2D eigenvalue weighted by Gasteiger charge is 2.27. The number of amides is 1. The molecule has 34 heavy (non-hydrogen) atoms. The standard InChI is InChI=1S/C25H30N2O6S/c1-4-13-33-23-12-7-19(15-24(23)31-3)16-26(17-21-6-5-14-32-21)25(28)18(2)34-22-10-8-20(9-11-22)27(29)30/h4,7-12,15,18,21H,1,5-6,13-14,16-17H2,2-3H3. The van der Waals surface area contributed by atoms with Crippen molar-refractivity contribution in [1.82, 2.24) is 4.90 Å². The fourth-order valence-corrected chi connectivity index (χ4v) is 4.67. The maximum absolute atomic E-state index is 13.5. The predicted octanol–water partition coefficient (Wildman–Crippen LogP) is 4.86. The van der Waals surface area contributed by atoms with E-state index in [0.29, 0.717) is 37.8 Å². The van der Waals surface area contributed by atoms with Gasteiger partial charge in [-0.2, -0.15) is 0 Å². The van der Waals surface area contributed by atoms with E-state index in [1.165, 1.54) is 23.9 Å². The molecule has 1 saturated heterocycles. The second-order valence-corrected chi connectivity index (χ2v) is 9.36. The number of nitro benzene ring substituents is 1. The minimum Gasteiger partial charge on any atom is -0.493 e. The third-order valence-corrected chi connectivity index (χ3v) is 6.53. The van der Waals surface area contributed by atoms with Crippen LogP contribution in [-0.4, -0.2) is 54.0 Å². The molecule has 2 aromatic rings. The molecule has 3 rings (SSSR count). The Bertz CT molecular complexity index is 991. The van der Waals surface area contributed by atoms with Crippen LogP contribution in [-0.2, 0) is 16.1 Å². The Morgan fingerprint density at radius 2 is 2.09 bits per heavy atom. The van der Waals surface area contributed by atoms with Crippen molar-refractivity contribution in [3.05, 3.63) is 70.8 Å². The van der Waals surface area contributed by atoms with Gasteiger partial charge in [-0.1, -0.05) is 18.7 Å². The van der Waals surface area contributed by atoms with Crippen LogP contribution in [0.25, 0.3) is 0 Å². The van der Waals surface area contributed by atoms with Crippen LogP contribution >= 0.6 is 11.8 Å². The van der Waals surface area contributed by atoms with E-state index in [9.17, 15) is 14.9 Å². The Hall–Kier alpha value is -3.04. The van der Waals surface area contributed by atoms with Crippen molar-refractivity contribution in [3.63, 3.8) is 0 Å². The van der Waals surface area contributed by atoms with Gasteiger partial charge >= 0.3 is 0 Å². The van der Waals surface area contributed by atoms with Crippen LogP contribution in [0.1, 0.15) is 25.3 Å². The van der Waals surface area contributed by atoms with E-state index in [2.05, 4.69) is 6.58 Å². The minimum absolute atomic E-state index is 0.0117. The number of rotatable bonds is 12. The Kier molecular flexibility index (Phi) is 9.35. The summed E-state index contributed by atoms with van der Waals surface area (Å²) >= 11 is 1.38. The van der Waals surface area contributed by atoms with Gasteiger partial charge < -0.3 is 19.1 Å². The van der Waals surface area contributed by atoms with E-state index >= 15 is 0 Å². The van der Waals surface area contributed by atoms with Crippen LogP contribution < -0.4 is 9.47 Å². The van der Waals surface area contributed by atoms with Gasteiger partial charge in [0, 0.05) is 36.7 Å². The first-order valence-electron chi connectivity index (χ1n) is 11.1.